The normalized spacial score (nSPS) is 14.5. The summed E-state index contributed by atoms with van der Waals surface area (Å²) in [6.45, 7) is 3.86. The molecule has 1 fully saturated rings. The van der Waals surface area contributed by atoms with Crippen molar-refractivity contribution in [3.05, 3.63) is 35.4 Å². The Morgan fingerprint density at radius 3 is 2.56 bits per heavy atom. The molecule has 0 aromatic heterocycles. The summed E-state index contributed by atoms with van der Waals surface area (Å²) in [6.07, 6.45) is 4.64. The number of amides is 1. The third-order valence-electron chi connectivity index (χ3n) is 3.27. The van der Waals surface area contributed by atoms with Gasteiger partial charge in [0.15, 0.2) is 0 Å². The van der Waals surface area contributed by atoms with E-state index in [2.05, 4.69) is 17.6 Å². The Balaban J connectivity index is 1.65. The maximum absolute atomic E-state index is 11.8. The standard InChI is InChI=1S/C15H22N2O/c1-2-12-4-6-13(7-5-12)15(18)17-11-3-10-16-14-8-9-14/h4-7,14,16H,2-3,8-11H2,1H3,(H,17,18). The van der Waals surface area contributed by atoms with E-state index < -0.39 is 0 Å². The molecule has 0 aliphatic heterocycles. The van der Waals surface area contributed by atoms with Gasteiger partial charge in [-0.3, -0.25) is 4.79 Å². The van der Waals surface area contributed by atoms with Crippen molar-refractivity contribution in [1.82, 2.24) is 10.6 Å². The van der Waals surface area contributed by atoms with Gasteiger partial charge < -0.3 is 10.6 Å². The van der Waals surface area contributed by atoms with Crippen molar-refractivity contribution in [2.24, 2.45) is 0 Å². The van der Waals surface area contributed by atoms with Crippen LogP contribution in [0.1, 0.15) is 42.1 Å². The maximum Gasteiger partial charge on any atom is 0.251 e. The molecule has 0 heterocycles. The maximum atomic E-state index is 11.8. The number of hydrogen-bond donors (Lipinski definition) is 2. The van der Waals surface area contributed by atoms with Gasteiger partial charge in [0.1, 0.15) is 0 Å². The molecule has 0 radical (unpaired) electrons. The van der Waals surface area contributed by atoms with Crippen molar-refractivity contribution >= 4 is 5.91 Å². The van der Waals surface area contributed by atoms with E-state index in [9.17, 15) is 4.79 Å². The van der Waals surface area contributed by atoms with Crippen LogP contribution in [-0.4, -0.2) is 25.0 Å². The molecular weight excluding hydrogens is 224 g/mol. The third-order valence-corrected chi connectivity index (χ3v) is 3.27. The Morgan fingerprint density at radius 1 is 1.22 bits per heavy atom. The molecule has 0 bridgehead atoms. The van der Waals surface area contributed by atoms with Gasteiger partial charge in [0, 0.05) is 18.2 Å². The number of carbonyl (C=O) groups is 1. The van der Waals surface area contributed by atoms with Crippen LogP contribution in [0.15, 0.2) is 24.3 Å². The fourth-order valence-corrected chi connectivity index (χ4v) is 1.88. The Morgan fingerprint density at radius 2 is 1.94 bits per heavy atom. The van der Waals surface area contributed by atoms with E-state index in [1.54, 1.807) is 0 Å². The summed E-state index contributed by atoms with van der Waals surface area (Å²) in [5.41, 5.74) is 2.02. The van der Waals surface area contributed by atoms with Gasteiger partial charge in [0.25, 0.3) is 5.91 Å². The van der Waals surface area contributed by atoms with Gasteiger partial charge in [0.2, 0.25) is 0 Å². The van der Waals surface area contributed by atoms with Crippen molar-refractivity contribution in [2.75, 3.05) is 13.1 Å². The fraction of sp³-hybridized carbons (Fsp3) is 0.533. The topological polar surface area (TPSA) is 41.1 Å². The first-order valence-electron chi connectivity index (χ1n) is 6.90. The van der Waals surface area contributed by atoms with Crippen molar-refractivity contribution in [2.45, 2.75) is 38.6 Å². The van der Waals surface area contributed by atoms with E-state index in [0.717, 1.165) is 37.5 Å². The molecule has 1 amide bonds. The Hall–Kier alpha value is -1.35. The summed E-state index contributed by atoms with van der Waals surface area (Å²) >= 11 is 0. The van der Waals surface area contributed by atoms with Crippen molar-refractivity contribution in [3.8, 4) is 0 Å². The molecule has 1 aliphatic carbocycles. The first-order chi connectivity index (χ1) is 8.79. The average molecular weight is 246 g/mol. The number of rotatable bonds is 7. The molecule has 1 aliphatic rings. The Bertz CT molecular complexity index is 382. The first-order valence-corrected chi connectivity index (χ1v) is 6.90. The summed E-state index contributed by atoms with van der Waals surface area (Å²) < 4.78 is 0. The van der Waals surface area contributed by atoms with Gasteiger partial charge >= 0.3 is 0 Å². The smallest absolute Gasteiger partial charge is 0.251 e. The van der Waals surface area contributed by atoms with Crippen molar-refractivity contribution in [3.63, 3.8) is 0 Å². The van der Waals surface area contributed by atoms with E-state index in [1.165, 1.54) is 18.4 Å². The summed E-state index contributed by atoms with van der Waals surface area (Å²) in [6, 6.07) is 8.59. The lowest BCUT2D eigenvalue weighted by Crippen LogP contribution is -2.27. The van der Waals surface area contributed by atoms with Gasteiger partial charge in [-0.25, -0.2) is 0 Å². The highest BCUT2D eigenvalue weighted by Gasteiger charge is 2.19. The van der Waals surface area contributed by atoms with Crippen LogP contribution in [-0.2, 0) is 6.42 Å². The minimum atomic E-state index is 0.0316. The van der Waals surface area contributed by atoms with Crippen LogP contribution in [0.5, 0.6) is 0 Å². The van der Waals surface area contributed by atoms with Crippen LogP contribution in [0.4, 0.5) is 0 Å². The van der Waals surface area contributed by atoms with Crippen LogP contribution in [0, 0.1) is 0 Å². The van der Waals surface area contributed by atoms with Crippen molar-refractivity contribution < 1.29 is 4.79 Å². The molecular formula is C15H22N2O. The molecule has 1 aromatic rings. The number of carbonyl (C=O) groups excluding carboxylic acids is 1. The van der Waals surface area contributed by atoms with E-state index in [0.29, 0.717) is 0 Å². The second kappa shape index (κ2) is 6.55. The van der Waals surface area contributed by atoms with Gasteiger partial charge in [-0.15, -0.1) is 0 Å². The highest BCUT2D eigenvalue weighted by atomic mass is 16.1. The molecule has 3 nitrogen and oxygen atoms in total. The minimum absolute atomic E-state index is 0.0316. The molecule has 0 saturated heterocycles. The summed E-state index contributed by atoms with van der Waals surface area (Å²) in [5, 5.41) is 6.39. The minimum Gasteiger partial charge on any atom is -0.352 e. The molecule has 0 unspecified atom stereocenters. The van der Waals surface area contributed by atoms with Gasteiger partial charge in [0.05, 0.1) is 0 Å². The fourth-order valence-electron chi connectivity index (χ4n) is 1.88. The van der Waals surface area contributed by atoms with Gasteiger partial charge in [-0.1, -0.05) is 19.1 Å². The zero-order valence-corrected chi connectivity index (χ0v) is 11.0. The lowest BCUT2D eigenvalue weighted by Gasteiger charge is -2.06. The van der Waals surface area contributed by atoms with Gasteiger partial charge in [-0.05, 0) is 49.9 Å². The predicted molar refractivity (Wildman–Crippen MR) is 73.8 cm³/mol. The molecule has 18 heavy (non-hydrogen) atoms. The molecule has 2 rings (SSSR count). The second-order valence-electron chi connectivity index (χ2n) is 4.89. The third kappa shape index (κ3) is 4.15. The number of aryl methyl sites for hydroxylation is 1. The quantitative estimate of drug-likeness (QED) is 0.724. The molecule has 0 spiro atoms. The largest absolute Gasteiger partial charge is 0.352 e. The SMILES string of the molecule is CCc1ccc(C(=O)NCCCNC2CC2)cc1. The van der Waals surface area contributed by atoms with E-state index in [4.69, 9.17) is 0 Å². The summed E-state index contributed by atoms with van der Waals surface area (Å²) in [7, 11) is 0. The highest BCUT2D eigenvalue weighted by Crippen LogP contribution is 2.18. The van der Waals surface area contributed by atoms with Crippen LogP contribution in [0.25, 0.3) is 0 Å². The molecule has 98 valence electrons. The second-order valence-corrected chi connectivity index (χ2v) is 4.89. The van der Waals surface area contributed by atoms with Crippen LogP contribution in [0.2, 0.25) is 0 Å². The lowest BCUT2D eigenvalue weighted by molar-refractivity contribution is 0.0953. The molecule has 1 saturated carbocycles. The Kier molecular flexibility index (Phi) is 4.76. The predicted octanol–water partition coefficient (Wildman–Crippen LogP) is 2.12. The number of benzene rings is 1. The molecule has 0 atom stereocenters. The zero-order chi connectivity index (χ0) is 12.8. The summed E-state index contributed by atoms with van der Waals surface area (Å²) in [4.78, 5) is 11.8. The highest BCUT2D eigenvalue weighted by molar-refractivity contribution is 5.94. The molecule has 2 N–H and O–H groups in total. The molecule has 1 aromatic carbocycles. The monoisotopic (exact) mass is 246 g/mol. The van der Waals surface area contributed by atoms with Crippen LogP contribution >= 0.6 is 0 Å². The molecule has 3 heteroatoms. The van der Waals surface area contributed by atoms with Crippen LogP contribution in [0.3, 0.4) is 0 Å². The average Bonchev–Trinajstić information content (AvgIpc) is 3.22. The number of hydrogen-bond acceptors (Lipinski definition) is 2. The zero-order valence-electron chi connectivity index (χ0n) is 11.0. The van der Waals surface area contributed by atoms with Crippen molar-refractivity contribution in [1.29, 1.82) is 0 Å². The van der Waals surface area contributed by atoms with E-state index in [1.807, 2.05) is 24.3 Å². The Labute approximate surface area is 109 Å². The summed E-state index contributed by atoms with van der Waals surface area (Å²) in [5.74, 6) is 0.0316. The van der Waals surface area contributed by atoms with E-state index in [-0.39, 0.29) is 5.91 Å². The van der Waals surface area contributed by atoms with E-state index >= 15 is 0 Å². The lowest BCUT2D eigenvalue weighted by atomic mass is 10.1. The van der Waals surface area contributed by atoms with Gasteiger partial charge in [-0.2, -0.15) is 0 Å². The van der Waals surface area contributed by atoms with Crippen LogP contribution < -0.4 is 10.6 Å². The first kappa shape index (κ1) is 13.1. The number of nitrogens with one attached hydrogen (secondary N) is 2.